The zero-order chi connectivity index (χ0) is 17.9. The van der Waals surface area contributed by atoms with E-state index in [-0.39, 0.29) is 27.8 Å². The van der Waals surface area contributed by atoms with Crippen molar-refractivity contribution in [3.05, 3.63) is 59.7 Å². The van der Waals surface area contributed by atoms with Crippen LogP contribution in [0.5, 0.6) is 0 Å². The topological polar surface area (TPSA) is 63.2 Å². The quantitative estimate of drug-likeness (QED) is 0.892. The fourth-order valence-corrected chi connectivity index (χ4v) is 3.81. The standard InChI is InChI=1S/C17H17F2NO3S/c1-11(2)10-24(22,23)14-5-3-4-12(8-14)17(21)20-13-6-7-15(18)16(19)9-13/h3-9,11H,10H2,1-2H3,(H,20,21). The Hall–Kier alpha value is -2.28. The summed E-state index contributed by atoms with van der Waals surface area (Å²) in [5.74, 6) is -2.78. The number of sulfone groups is 1. The molecular formula is C17H17F2NO3S. The van der Waals surface area contributed by atoms with Gasteiger partial charge in [0.25, 0.3) is 5.91 Å². The second kappa shape index (κ2) is 7.09. The Balaban J connectivity index is 2.24. The summed E-state index contributed by atoms with van der Waals surface area (Å²) in [5, 5.41) is 2.41. The minimum absolute atomic E-state index is 0.0265. The summed E-state index contributed by atoms with van der Waals surface area (Å²) >= 11 is 0. The molecule has 0 aromatic heterocycles. The maximum atomic E-state index is 13.2. The predicted octanol–water partition coefficient (Wildman–Crippen LogP) is 3.65. The van der Waals surface area contributed by atoms with Gasteiger partial charge in [0, 0.05) is 17.3 Å². The lowest BCUT2D eigenvalue weighted by atomic mass is 10.2. The Morgan fingerprint density at radius 3 is 2.42 bits per heavy atom. The van der Waals surface area contributed by atoms with Gasteiger partial charge in [0.1, 0.15) is 0 Å². The summed E-state index contributed by atoms with van der Waals surface area (Å²) in [5.41, 5.74) is 0.193. The lowest BCUT2D eigenvalue weighted by Gasteiger charge is -2.09. The Morgan fingerprint density at radius 2 is 1.79 bits per heavy atom. The van der Waals surface area contributed by atoms with Crippen LogP contribution in [0.1, 0.15) is 24.2 Å². The molecule has 0 atom stereocenters. The van der Waals surface area contributed by atoms with Crippen molar-refractivity contribution in [2.45, 2.75) is 18.7 Å². The molecule has 0 radical (unpaired) electrons. The van der Waals surface area contributed by atoms with Crippen molar-refractivity contribution in [2.75, 3.05) is 11.1 Å². The van der Waals surface area contributed by atoms with Gasteiger partial charge in [0.05, 0.1) is 10.6 Å². The van der Waals surface area contributed by atoms with E-state index in [1.54, 1.807) is 13.8 Å². The molecule has 0 saturated carbocycles. The molecule has 0 bridgehead atoms. The normalized spacial score (nSPS) is 11.5. The van der Waals surface area contributed by atoms with E-state index in [0.717, 1.165) is 12.1 Å². The second-order valence-electron chi connectivity index (χ2n) is 5.79. The van der Waals surface area contributed by atoms with E-state index in [0.29, 0.717) is 0 Å². The Morgan fingerprint density at radius 1 is 1.08 bits per heavy atom. The molecule has 0 saturated heterocycles. The molecule has 0 aliphatic rings. The lowest BCUT2D eigenvalue weighted by Crippen LogP contribution is -2.15. The molecule has 24 heavy (non-hydrogen) atoms. The molecule has 0 fully saturated rings. The van der Waals surface area contributed by atoms with Crippen LogP contribution in [0.25, 0.3) is 0 Å². The minimum Gasteiger partial charge on any atom is -0.322 e. The molecule has 2 rings (SSSR count). The first-order valence-electron chi connectivity index (χ1n) is 7.28. The Kier molecular flexibility index (Phi) is 5.33. The molecule has 0 spiro atoms. The van der Waals surface area contributed by atoms with Crippen molar-refractivity contribution in [3.8, 4) is 0 Å². The number of nitrogens with one attached hydrogen (secondary N) is 1. The summed E-state index contributed by atoms with van der Waals surface area (Å²) in [6.07, 6.45) is 0. The number of hydrogen-bond donors (Lipinski definition) is 1. The van der Waals surface area contributed by atoms with Crippen LogP contribution in [0.2, 0.25) is 0 Å². The third-order valence-corrected chi connectivity index (χ3v) is 5.26. The lowest BCUT2D eigenvalue weighted by molar-refractivity contribution is 0.102. The van der Waals surface area contributed by atoms with E-state index in [9.17, 15) is 22.0 Å². The van der Waals surface area contributed by atoms with Crippen LogP contribution in [-0.4, -0.2) is 20.1 Å². The van der Waals surface area contributed by atoms with E-state index in [2.05, 4.69) is 5.32 Å². The molecule has 128 valence electrons. The van der Waals surface area contributed by atoms with Crippen molar-refractivity contribution in [1.29, 1.82) is 0 Å². The van der Waals surface area contributed by atoms with Gasteiger partial charge in [-0.2, -0.15) is 0 Å². The van der Waals surface area contributed by atoms with Crippen molar-refractivity contribution >= 4 is 21.4 Å². The summed E-state index contributed by atoms with van der Waals surface area (Å²) < 4.78 is 50.5. The minimum atomic E-state index is -3.49. The molecule has 2 aromatic carbocycles. The van der Waals surface area contributed by atoms with Gasteiger partial charge in [-0.3, -0.25) is 4.79 Å². The predicted molar refractivity (Wildman–Crippen MR) is 87.6 cm³/mol. The first kappa shape index (κ1) is 18.1. The highest BCUT2D eigenvalue weighted by Crippen LogP contribution is 2.18. The van der Waals surface area contributed by atoms with Crippen LogP contribution >= 0.6 is 0 Å². The van der Waals surface area contributed by atoms with Crippen molar-refractivity contribution in [2.24, 2.45) is 5.92 Å². The smallest absolute Gasteiger partial charge is 0.255 e. The average Bonchev–Trinajstić information content (AvgIpc) is 2.50. The first-order chi connectivity index (χ1) is 11.2. The summed E-state index contributed by atoms with van der Waals surface area (Å²) in [6, 6.07) is 8.58. The van der Waals surface area contributed by atoms with Gasteiger partial charge >= 0.3 is 0 Å². The monoisotopic (exact) mass is 353 g/mol. The van der Waals surface area contributed by atoms with Gasteiger partial charge in [-0.05, 0) is 36.2 Å². The zero-order valence-electron chi connectivity index (χ0n) is 13.2. The van der Waals surface area contributed by atoms with E-state index < -0.39 is 27.4 Å². The van der Waals surface area contributed by atoms with Crippen molar-refractivity contribution in [3.63, 3.8) is 0 Å². The summed E-state index contributed by atoms with van der Waals surface area (Å²) in [6.45, 7) is 3.58. The van der Waals surface area contributed by atoms with E-state index >= 15 is 0 Å². The molecule has 0 unspecified atom stereocenters. The maximum absolute atomic E-state index is 13.2. The zero-order valence-corrected chi connectivity index (χ0v) is 14.0. The molecule has 1 N–H and O–H groups in total. The van der Waals surface area contributed by atoms with Gasteiger partial charge in [0.15, 0.2) is 21.5 Å². The molecule has 4 nitrogen and oxygen atoms in total. The first-order valence-corrected chi connectivity index (χ1v) is 8.93. The number of amides is 1. The number of halogens is 2. The van der Waals surface area contributed by atoms with Crippen LogP contribution in [0.15, 0.2) is 47.4 Å². The second-order valence-corrected chi connectivity index (χ2v) is 7.82. The van der Waals surface area contributed by atoms with Gasteiger partial charge in [-0.15, -0.1) is 0 Å². The highest BCUT2D eigenvalue weighted by atomic mass is 32.2. The van der Waals surface area contributed by atoms with Crippen LogP contribution in [0.3, 0.4) is 0 Å². The summed E-state index contributed by atoms with van der Waals surface area (Å²) in [7, 11) is -3.49. The number of anilines is 1. The van der Waals surface area contributed by atoms with E-state index in [1.165, 1.54) is 30.3 Å². The highest BCUT2D eigenvalue weighted by molar-refractivity contribution is 7.91. The third-order valence-electron chi connectivity index (χ3n) is 3.19. The van der Waals surface area contributed by atoms with Gasteiger partial charge < -0.3 is 5.32 Å². The van der Waals surface area contributed by atoms with Crippen LogP contribution in [-0.2, 0) is 9.84 Å². The van der Waals surface area contributed by atoms with E-state index in [1.807, 2.05) is 0 Å². The fraction of sp³-hybridized carbons (Fsp3) is 0.235. The van der Waals surface area contributed by atoms with Crippen LogP contribution in [0.4, 0.5) is 14.5 Å². The number of carbonyl (C=O) groups is 1. The molecule has 0 heterocycles. The Labute approximate surface area is 139 Å². The SMILES string of the molecule is CC(C)CS(=O)(=O)c1cccc(C(=O)Nc2ccc(F)c(F)c2)c1. The van der Waals surface area contributed by atoms with E-state index in [4.69, 9.17) is 0 Å². The van der Waals surface area contributed by atoms with Gasteiger partial charge in [0.2, 0.25) is 0 Å². The summed E-state index contributed by atoms with van der Waals surface area (Å²) in [4.78, 5) is 12.2. The molecule has 7 heteroatoms. The van der Waals surface area contributed by atoms with Crippen molar-refractivity contribution in [1.82, 2.24) is 0 Å². The number of carbonyl (C=O) groups excluding carboxylic acids is 1. The number of benzene rings is 2. The molecule has 0 aliphatic carbocycles. The van der Waals surface area contributed by atoms with Crippen molar-refractivity contribution < 1.29 is 22.0 Å². The molecule has 2 aromatic rings. The largest absolute Gasteiger partial charge is 0.322 e. The third kappa shape index (κ3) is 4.38. The Bertz CT molecular complexity index is 864. The number of rotatable bonds is 5. The maximum Gasteiger partial charge on any atom is 0.255 e. The van der Waals surface area contributed by atoms with Gasteiger partial charge in [-0.25, -0.2) is 17.2 Å². The molecule has 1 amide bonds. The highest BCUT2D eigenvalue weighted by Gasteiger charge is 2.18. The van der Waals surface area contributed by atoms with Crippen LogP contribution in [0, 0.1) is 17.6 Å². The van der Waals surface area contributed by atoms with Gasteiger partial charge in [-0.1, -0.05) is 19.9 Å². The number of hydrogen-bond acceptors (Lipinski definition) is 3. The molecule has 0 aliphatic heterocycles. The molecular weight excluding hydrogens is 336 g/mol. The average molecular weight is 353 g/mol. The fourth-order valence-electron chi connectivity index (χ4n) is 2.14. The van der Waals surface area contributed by atoms with Crippen LogP contribution < -0.4 is 5.32 Å².